The van der Waals surface area contributed by atoms with Crippen LogP contribution in [0.4, 0.5) is 10.1 Å². The lowest BCUT2D eigenvalue weighted by Crippen LogP contribution is -2.21. The van der Waals surface area contributed by atoms with Crippen molar-refractivity contribution in [1.82, 2.24) is 4.98 Å². The molecule has 1 heterocycles. The molecular formula is C11H15FN2O. The van der Waals surface area contributed by atoms with E-state index in [4.69, 9.17) is 0 Å². The smallest absolute Gasteiger partial charge is 0.214 e. The molecule has 2 unspecified atom stereocenters. The summed E-state index contributed by atoms with van der Waals surface area (Å²) in [4.78, 5) is 3.48. The number of aromatic nitrogens is 1. The molecule has 1 fully saturated rings. The predicted molar refractivity (Wildman–Crippen MR) is 56.0 cm³/mol. The molecule has 82 valence electrons. The van der Waals surface area contributed by atoms with E-state index in [0.29, 0.717) is 12.5 Å². The number of aliphatic hydroxyl groups is 1. The lowest BCUT2D eigenvalue weighted by Gasteiger charge is -2.15. The molecule has 0 aromatic carbocycles. The van der Waals surface area contributed by atoms with Crippen molar-refractivity contribution in [1.29, 1.82) is 0 Å². The number of rotatable bonds is 3. The van der Waals surface area contributed by atoms with Crippen molar-refractivity contribution in [2.75, 3.05) is 11.9 Å². The van der Waals surface area contributed by atoms with Crippen LogP contribution in [-0.4, -0.2) is 22.7 Å². The third-order valence-electron chi connectivity index (χ3n) is 2.91. The summed E-state index contributed by atoms with van der Waals surface area (Å²) in [6.07, 6.45) is 4.24. The fraction of sp³-hybridized carbons (Fsp3) is 0.545. The van der Waals surface area contributed by atoms with Crippen LogP contribution in [0, 0.1) is 11.9 Å². The van der Waals surface area contributed by atoms with E-state index < -0.39 is 5.95 Å². The molecule has 2 atom stereocenters. The Hall–Kier alpha value is -1.16. The molecule has 1 aromatic rings. The fourth-order valence-corrected chi connectivity index (χ4v) is 2.02. The van der Waals surface area contributed by atoms with Gasteiger partial charge in [-0.2, -0.15) is 4.39 Å². The minimum Gasteiger partial charge on any atom is -0.393 e. The second-order valence-corrected chi connectivity index (χ2v) is 4.01. The molecule has 1 saturated carbocycles. The molecule has 3 nitrogen and oxygen atoms in total. The van der Waals surface area contributed by atoms with Gasteiger partial charge in [-0.15, -0.1) is 0 Å². The maximum Gasteiger partial charge on any atom is 0.214 e. The Morgan fingerprint density at radius 2 is 2.40 bits per heavy atom. The van der Waals surface area contributed by atoms with Gasteiger partial charge in [0.2, 0.25) is 5.95 Å². The first-order chi connectivity index (χ1) is 7.25. The van der Waals surface area contributed by atoms with E-state index in [1.54, 1.807) is 6.07 Å². The van der Waals surface area contributed by atoms with Crippen LogP contribution >= 0.6 is 0 Å². The van der Waals surface area contributed by atoms with Crippen LogP contribution in [0.25, 0.3) is 0 Å². The van der Waals surface area contributed by atoms with Crippen LogP contribution < -0.4 is 5.32 Å². The quantitative estimate of drug-likeness (QED) is 0.748. The first-order valence-corrected chi connectivity index (χ1v) is 5.29. The van der Waals surface area contributed by atoms with Crippen LogP contribution in [0.5, 0.6) is 0 Å². The summed E-state index contributed by atoms with van der Waals surface area (Å²) in [6, 6.07) is 3.09. The monoisotopic (exact) mass is 210 g/mol. The topological polar surface area (TPSA) is 45.1 Å². The van der Waals surface area contributed by atoms with Crippen LogP contribution in [0.15, 0.2) is 18.3 Å². The molecule has 15 heavy (non-hydrogen) atoms. The highest BCUT2D eigenvalue weighted by atomic mass is 19.1. The summed E-state index contributed by atoms with van der Waals surface area (Å²) in [5, 5.41) is 12.7. The normalized spacial score (nSPS) is 25.5. The zero-order valence-electron chi connectivity index (χ0n) is 8.49. The molecule has 2 N–H and O–H groups in total. The number of hydrogen-bond donors (Lipinski definition) is 2. The van der Waals surface area contributed by atoms with E-state index in [2.05, 4.69) is 10.3 Å². The molecule has 1 aliphatic carbocycles. The lowest BCUT2D eigenvalue weighted by atomic mass is 10.1. The Morgan fingerprint density at radius 3 is 3.07 bits per heavy atom. The molecule has 2 rings (SSSR count). The van der Waals surface area contributed by atoms with E-state index in [1.165, 1.54) is 12.3 Å². The first-order valence-electron chi connectivity index (χ1n) is 5.29. The zero-order valence-corrected chi connectivity index (χ0v) is 8.49. The molecule has 0 amide bonds. The van der Waals surface area contributed by atoms with Crippen molar-refractivity contribution >= 4 is 5.69 Å². The van der Waals surface area contributed by atoms with Crippen molar-refractivity contribution in [3.63, 3.8) is 0 Å². The average Bonchev–Trinajstić information content (AvgIpc) is 2.61. The van der Waals surface area contributed by atoms with Crippen LogP contribution in [0.1, 0.15) is 19.3 Å². The molecule has 0 saturated heterocycles. The number of halogens is 1. The summed E-state index contributed by atoms with van der Waals surface area (Å²) in [6.45, 7) is 0.699. The van der Waals surface area contributed by atoms with Gasteiger partial charge in [0.1, 0.15) is 0 Å². The third kappa shape index (κ3) is 2.65. The zero-order chi connectivity index (χ0) is 10.7. The molecule has 1 aliphatic rings. The Balaban J connectivity index is 1.87. The number of aliphatic hydroxyl groups excluding tert-OH is 1. The van der Waals surface area contributed by atoms with Gasteiger partial charge in [0.05, 0.1) is 6.10 Å². The summed E-state index contributed by atoms with van der Waals surface area (Å²) in [5.74, 6) is -0.187. The largest absolute Gasteiger partial charge is 0.393 e. The number of anilines is 1. The molecule has 1 aromatic heterocycles. The Bertz CT molecular complexity index is 332. The SMILES string of the molecule is OC1CCCC1CNc1ccnc(F)c1. The molecule has 0 spiro atoms. The van der Waals surface area contributed by atoms with Gasteiger partial charge in [-0.25, -0.2) is 4.98 Å². The highest BCUT2D eigenvalue weighted by molar-refractivity contribution is 5.41. The molecule has 4 heteroatoms. The lowest BCUT2D eigenvalue weighted by molar-refractivity contribution is 0.138. The van der Waals surface area contributed by atoms with Gasteiger partial charge in [-0.3, -0.25) is 0 Å². The van der Waals surface area contributed by atoms with Crippen molar-refractivity contribution in [2.45, 2.75) is 25.4 Å². The number of nitrogens with one attached hydrogen (secondary N) is 1. The Morgan fingerprint density at radius 1 is 1.53 bits per heavy atom. The number of nitrogens with zero attached hydrogens (tertiary/aromatic N) is 1. The van der Waals surface area contributed by atoms with Gasteiger partial charge in [-0.1, -0.05) is 6.42 Å². The molecular weight excluding hydrogens is 195 g/mol. The van der Waals surface area contributed by atoms with E-state index in [-0.39, 0.29) is 6.10 Å². The van der Waals surface area contributed by atoms with E-state index in [0.717, 1.165) is 24.9 Å². The van der Waals surface area contributed by atoms with E-state index in [9.17, 15) is 9.50 Å². The second kappa shape index (κ2) is 4.57. The van der Waals surface area contributed by atoms with Gasteiger partial charge in [0, 0.05) is 30.4 Å². The third-order valence-corrected chi connectivity index (χ3v) is 2.91. The minimum absolute atomic E-state index is 0.204. The van der Waals surface area contributed by atoms with Crippen LogP contribution in [0.3, 0.4) is 0 Å². The fourth-order valence-electron chi connectivity index (χ4n) is 2.02. The van der Waals surface area contributed by atoms with Crippen molar-refractivity contribution in [2.24, 2.45) is 5.92 Å². The van der Waals surface area contributed by atoms with Gasteiger partial charge in [0.15, 0.2) is 0 Å². The van der Waals surface area contributed by atoms with Crippen LogP contribution in [-0.2, 0) is 0 Å². The van der Waals surface area contributed by atoms with Gasteiger partial charge < -0.3 is 10.4 Å². The second-order valence-electron chi connectivity index (χ2n) is 4.01. The summed E-state index contributed by atoms with van der Waals surface area (Å²) in [5.41, 5.74) is 0.724. The summed E-state index contributed by atoms with van der Waals surface area (Å²) >= 11 is 0. The molecule has 0 bridgehead atoms. The highest BCUT2D eigenvalue weighted by Gasteiger charge is 2.24. The molecule has 0 radical (unpaired) electrons. The predicted octanol–water partition coefficient (Wildman–Crippen LogP) is 1.79. The maximum atomic E-state index is 12.7. The Kier molecular flexibility index (Phi) is 3.16. The average molecular weight is 210 g/mol. The number of pyridine rings is 1. The highest BCUT2D eigenvalue weighted by Crippen LogP contribution is 2.25. The van der Waals surface area contributed by atoms with Gasteiger partial charge in [0.25, 0.3) is 0 Å². The van der Waals surface area contributed by atoms with E-state index >= 15 is 0 Å². The Labute approximate surface area is 88.3 Å². The van der Waals surface area contributed by atoms with Crippen molar-refractivity contribution < 1.29 is 9.50 Å². The van der Waals surface area contributed by atoms with Crippen molar-refractivity contribution in [3.8, 4) is 0 Å². The number of hydrogen-bond acceptors (Lipinski definition) is 3. The minimum atomic E-state index is -0.480. The maximum absolute atomic E-state index is 12.7. The van der Waals surface area contributed by atoms with Gasteiger partial charge >= 0.3 is 0 Å². The van der Waals surface area contributed by atoms with Gasteiger partial charge in [-0.05, 0) is 18.9 Å². The first kappa shape index (κ1) is 10.4. The molecule has 0 aliphatic heterocycles. The summed E-state index contributed by atoms with van der Waals surface area (Å²) in [7, 11) is 0. The van der Waals surface area contributed by atoms with E-state index in [1.807, 2.05) is 0 Å². The van der Waals surface area contributed by atoms with Crippen molar-refractivity contribution in [3.05, 3.63) is 24.3 Å². The summed E-state index contributed by atoms with van der Waals surface area (Å²) < 4.78 is 12.7. The van der Waals surface area contributed by atoms with Crippen LogP contribution in [0.2, 0.25) is 0 Å². The standard InChI is InChI=1S/C11H15FN2O/c12-11-6-9(4-5-13-11)14-7-8-2-1-3-10(8)15/h4-6,8,10,15H,1-3,7H2,(H,13,14).